The van der Waals surface area contributed by atoms with E-state index in [1.54, 1.807) is 0 Å². The summed E-state index contributed by atoms with van der Waals surface area (Å²) in [7, 11) is 0. The van der Waals surface area contributed by atoms with Gasteiger partial charge < -0.3 is 4.90 Å². The lowest BCUT2D eigenvalue weighted by atomic mass is 9.81. The first kappa shape index (κ1) is 28.3. The molecule has 0 aliphatic heterocycles. The van der Waals surface area contributed by atoms with Gasteiger partial charge in [0, 0.05) is 22.4 Å². The van der Waals surface area contributed by atoms with Crippen LogP contribution in [0.3, 0.4) is 0 Å². The van der Waals surface area contributed by atoms with Gasteiger partial charge in [0.05, 0.1) is 5.69 Å². The molecule has 0 unspecified atom stereocenters. The molecular weight excluding hydrogens is 579 g/mol. The Morgan fingerprint density at radius 1 is 0.375 bits per heavy atom. The quantitative estimate of drug-likeness (QED) is 0.187. The van der Waals surface area contributed by atoms with Crippen LogP contribution in [0.5, 0.6) is 0 Å². The Morgan fingerprint density at radius 2 is 0.979 bits per heavy atom. The first-order valence-corrected chi connectivity index (χ1v) is 16.8. The number of hydrogen-bond donors (Lipinski definition) is 0. The molecule has 0 amide bonds. The van der Waals surface area contributed by atoms with Crippen LogP contribution in [-0.4, -0.2) is 0 Å². The van der Waals surface area contributed by atoms with Crippen molar-refractivity contribution in [3.63, 3.8) is 0 Å². The molecule has 228 valence electrons. The van der Waals surface area contributed by atoms with Crippen LogP contribution < -0.4 is 4.90 Å². The van der Waals surface area contributed by atoms with Crippen molar-refractivity contribution in [2.75, 3.05) is 4.90 Å². The van der Waals surface area contributed by atoms with E-state index in [1.807, 2.05) is 0 Å². The molecule has 0 radical (unpaired) electrons. The fourth-order valence-corrected chi connectivity index (χ4v) is 7.78. The Kier molecular flexibility index (Phi) is 6.55. The van der Waals surface area contributed by atoms with Crippen molar-refractivity contribution in [3.8, 4) is 33.4 Å². The van der Waals surface area contributed by atoms with E-state index >= 15 is 0 Å². The molecule has 8 aromatic rings. The van der Waals surface area contributed by atoms with Crippen molar-refractivity contribution in [1.82, 2.24) is 0 Å². The maximum atomic E-state index is 2.44. The fraction of sp³-hybridized carbons (Fsp3) is 0.0638. The lowest BCUT2D eigenvalue weighted by Crippen LogP contribution is -2.17. The topological polar surface area (TPSA) is 3.24 Å². The van der Waals surface area contributed by atoms with E-state index in [-0.39, 0.29) is 5.41 Å². The minimum absolute atomic E-state index is 0.171. The molecule has 0 fully saturated rings. The summed E-state index contributed by atoms with van der Waals surface area (Å²) in [6.07, 6.45) is 0. The minimum Gasteiger partial charge on any atom is -0.310 e. The first-order chi connectivity index (χ1) is 23.6. The normalized spacial score (nSPS) is 13.0. The van der Waals surface area contributed by atoms with Gasteiger partial charge in [-0.05, 0) is 96.9 Å². The van der Waals surface area contributed by atoms with Gasteiger partial charge in [-0.25, -0.2) is 0 Å². The van der Waals surface area contributed by atoms with Gasteiger partial charge in [0.2, 0.25) is 0 Å². The molecule has 1 aliphatic carbocycles. The number of nitrogens with zero attached hydrogens (tertiary/aromatic N) is 1. The highest BCUT2D eigenvalue weighted by molar-refractivity contribution is 5.98. The third-order valence-electron chi connectivity index (χ3n) is 10.2. The van der Waals surface area contributed by atoms with Crippen LogP contribution in [0.15, 0.2) is 176 Å². The van der Waals surface area contributed by atoms with Gasteiger partial charge in [-0.3, -0.25) is 0 Å². The second-order valence-corrected chi connectivity index (χ2v) is 13.4. The molecule has 8 aromatic carbocycles. The first-order valence-electron chi connectivity index (χ1n) is 16.8. The summed E-state index contributed by atoms with van der Waals surface area (Å²) in [5.41, 5.74) is 13.6. The lowest BCUT2D eigenvalue weighted by molar-refractivity contribution is 0.660. The Balaban J connectivity index is 1.21. The summed E-state index contributed by atoms with van der Waals surface area (Å²) in [4.78, 5) is 2.44. The second-order valence-electron chi connectivity index (χ2n) is 13.4. The maximum absolute atomic E-state index is 2.44. The molecule has 1 nitrogen and oxygen atoms in total. The van der Waals surface area contributed by atoms with E-state index in [2.05, 4.69) is 195 Å². The van der Waals surface area contributed by atoms with E-state index in [9.17, 15) is 0 Å². The van der Waals surface area contributed by atoms with Crippen molar-refractivity contribution in [3.05, 3.63) is 187 Å². The van der Waals surface area contributed by atoms with Crippen molar-refractivity contribution >= 4 is 38.6 Å². The number of para-hydroxylation sites is 1. The maximum Gasteiger partial charge on any atom is 0.0540 e. The van der Waals surface area contributed by atoms with E-state index in [0.717, 1.165) is 17.1 Å². The third kappa shape index (κ3) is 4.54. The summed E-state index contributed by atoms with van der Waals surface area (Å²) >= 11 is 0. The molecule has 0 saturated heterocycles. The van der Waals surface area contributed by atoms with Crippen LogP contribution in [0.4, 0.5) is 17.1 Å². The zero-order chi connectivity index (χ0) is 32.2. The fourth-order valence-electron chi connectivity index (χ4n) is 7.78. The summed E-state index contributed by atoms with van der Waals surface area (Å²) in [5.74, 6) is 0. The largest absolute Gasteiger partial charge is 0.310 e. The van der Waals surface area contributed by atoms with E-state index < -0.39 is 0 Å². The molecule has 9 rings (SSSR count). The molecule has 1 heteroatoms. The zero-order valence-corrected chi connectivity index (χ0v) is 27.2. The molecule has 0 saturated carbocycles. The second kappa shape index (κ2) is 11.1. The van der Waals surface area contributed by atoms with Crippen molar-refractivity contribution in [1.29, 1.82) is 0 Å². The van der Waals surface area contributed by atoms with Crippen molar-refractivity contribution < 1.29 is 0 Å². The monoisotopic (exact) mass is 613 g/mol. The standard InChI is InChI=1S/C47H35N/c1-47(2)44-30-36(40-21-12-18-33-16-8-9-19-39(33)40)24-27-42(44)43-28-26-38(31-45(43)47)48(37-25-23-32-13-6-7-17-35(32)29-37)46-22-11-10-20-41(46)34-14-4-3-5-15-34/h3-31H,1-2H3. The van der Waals surface area contributed by atoms with Gasteiger partial charge in [0.15, 0.2) is 0 Å². The highest BCUT2D eigenvalue weighted by atomic mass is 15.1. The number of benzene rings is 8. The van der Waals surface area contributed by atoms with Crippen LogP contribution in [0.2, 0.25) is 0 Å². The Hall–Kier alpha value is -5.92. The molecule has 0 aromatic heterocycles. The molecule has 1 aliphatic rings. The molecule has 0 atom stereocenters. The number of rotatable bonds is 5. The lowest BCUT2D eigenvalue weighted by Gasteiger charge is -2.30. The van der Waals surface area contributed by atoms with Crippen LogP contribution in [0.25, 0.3) is 54.9 Å². The number of anilines is 3. The van der Waals surface area contributed by atoms with Crippen LogP contribution in [-0.2, 0) is 5.41 Å². The minimum atomic E-state index is -0.171. The Labute approximate surface area is 282 Å². The predicted octanol–water partition coefficient (Wildman–Crippen LogP) is 13.1. The average molecular weight is 614 g/mol. The van der Waals surface area contributed by atoms with Gasteiger partial charge in [0.25, 0.3) is 0 Å². The van der Waals surface area contributed by atoms with E-state index in [1.165, 1.54) is 66.1 Å². The molecule has 48 heavy (non-hydrogen) atoms. The van der Waals surface area contributed by atoms with E-state index in [0.29, 0.717) is 0 Å². The zero-order valence-electron chi connectivity index (χ0n) is 27.2. The van der Waals surface area contributed by atoms with Crippen LogP contribution >= 0.6 is 0 Å². The highest BCUT2D eigenvalue weighted by Crippen LogP contribution is 2.52. The van der Waals surface area contributed by atoms with Crippen LogP contribution in [0, 0.1) is 0 Å². The Morgan fingerprint density at radius 3 is 1.83 bits per heavy atom. The van der Waals surface area contributed by atoms with Gasteiger partial charge in [-0.1, -0.05) is 153 Å². The molecule has 0 bridgehead atoms. The summed E-state index contributed by atoms with van der Waals surface area (Å²) in [5, 5.41) is 5.03. The van der Waals surface area contributed by atoms with Crippen LogP contribution in [0.1, 0.15) is 25.0 Å². The van der Waals surface area contributed by atoms with Crippen molar-refractivity contribution in [2.45, 2.75) is 19.3 Å². The summed E-state index contributed by atoms with van der Waals surface area (Å²) in [6.45, 7) is 4.76. The summed E-state index contributed by atoms with van der Waals surface area (Å²) in [6, 6.07) is 64.4. The molecular formula is C47H35N. The number of hydrogen-bond acceptors (Lipinski definition) is 1. The van der Waals surface area contributed by atoms with Crippen molar-refractivity contribution in [2.24, 2.45) is 0 Å². The number of fused-ring (bicyclic) bond motifs is 5. The third-order valence-corrected chi connectivity index (χ3v) is 10.2. The Bertz CT molecular complexity index is 2480. The highest BCUT2D eigenvalue weighted by Gasteiger charge is 2.36. The predicted molar refractivity (Wildman–Crippen MR) is 205 cm³/mol. The SMILES string of the molecule is CC1(C)c2cc(-c3cccc4ccccc34)ccc2-c2ccc(N(c3ccc4ccccc4c3)c3ccccc3-c3ccccc3)cc21. The molecule has 0 heterocycles. The smallest absolute Gasteiger partial charge is 0.0540 e. The average Bonchev–Trinajstić information content (AvgIpc) is 3.37. The van der Waals surface area contributed by atoms with Gasteiger partial charge in [0.1, 0.15) is 0 Å². The van der Waals surface area contributed by atoms with Gasteiger partial charge in [-0.15, -0.1) is 0 Å². The van der Waals surface area contributed by atoms with E-state index in [4.69, 9.17) is 0 Å². The summed E-state index contributed by atoms with van der Waals surface area (Å²) < 4.78 is 0. The van der Waals surface area contributed by atoms with Gasteiger partial charge in [-0.2, -0.15) is 0 Å². The molecule has 0 spiro atoms. The molecule has 0 N–H and O–H groups in total. The van der Waals surface area contributed by atoms with Gasteiger partial charge >= 0.3 is 0 Å².